The number of aryl methyl sites for hydroxylation is 1. The van der Waals surface area contributed by atoms with E-state index in [-0.39, 0.29) is 5.91 Å². The first-order valence-electron chi connectivity index (χ1n) is 7.04. The highest BCUT2D eigenvalue weighted by Gasteiger charge is 2.10. The molecule has 0 radical (unpaired) electrons. The Hall–Kier alpha value is -1.69. The fourth-order valence-corrected chi connectivity index (χ4v) is 2.05. The molecule has 21 heavy (non-hydrogen) atoms. The highest BCUT2D eigenvalue weighted by molar-refractivity contribution is 9.10. The lowest BCUT2D eigenvalue weighted by molar-refractivity contribution is -0.121. The van der Waals surface area contributed by atoms with Gasteiger partial charge in [0.2, 0.25) is 17.6 Å². The minimum Gasteiger partial charge on any atom is -0.356 e. The fourth-order valence-electron chi connectivity index (χ4n) is 1.79. The maximum absolute atomic E-state index is 11.6. The number of amides is 1. The van der Waals surface area contributed by atoms with Gasteiger partial charge < -0.3 is 9.84 Å². The van der Waals surface area contributed by atoms with Gasteiger partial charge in [-0.25, -0.2) is 0 Å². The van der Waals surface area contributed by atoms with Gasteiger partial charge in [0.05, 0.1) is 0 Å². The van der Waals surface area contributed by atoms with Crippen molar-refractivity contribution in [1.82, 2.24) is 15.5 Å². The van der Waals surface area contributed by atoms with E-state index in [1.807, 2.05) is 24.3 Å². The molecule has 0 spiro atoms. The van der Waals surface area contributed by atoms with E-state index in [9.17, 15) is 4.79 Å². The zero-order chi connectivity index (χ0) is 15.1. The fraction of sp³-hybridized carbons (Fsp3) is 0.400. The van der Waals surface area contributed by atoms with Crippen LogP contribution in [0.3, 0.4) is 0 Å². The molecular weight excluding hydrogens is 334 g/mol. The average molecular weight is 352 g/mol. The summed E-state index contributed by atoms with van der Waals surface area (Å²) in [7, 11) is 0. The second-order valence-corrected chi connectivity index (χ2v) is 5.64. The Labute approximate surface area is 132 Å². The van der Waals surface area contributed by atoms with Gasteiger partial charge in [0, 0.05) is 29.4 Å². The van der Waals surface area contributed by atoms with Gasteiger partial charge in [0.1, 0.15) is 0 Å². The Kier molecular flexibility index (Phi) is 5.92. The van der Waals surface area contributed by atoms with Crippen LogP contribution in [0.4, 0.5) is 0 Å². The maximum Gasteiger partial charge on any atom is 0.227 e. The molecule has 1 amide bonds. The monoisotopic (exact) mass is 351 g/mol. The summed E-state index contributed by atoms with van der Waals surface area (Å²) in [6.45, 7) is 2.82. The van der Waals surface area contributed by atoms with Crippen LogP contribution in [0, 0.1) is 0 Å². The number of carbonyl (C=O) groups is 1. The molecule has 0 aliphatic carbocycles. The smallest absolute Gasteiger partial charge is 0.227 e. The lowest BCUT2D eigenvalue weighted by Gasteiger charge is -2.01. The number of hydrogen-bond donors (Lipinski definition) is 1. The number of hydrogen-bond acceptors (Lipinski definition) is 4. The number of carbonyl (C=O) groups excluding carboxylic acids is 1. The number of nitrogens with zero attached hydrogens (tertiary/aromatic N) is 2. The summed E-state index contributed by atoms with van der Waals surface area (Å²) < 4.78 is 6.17. The lowest BCUT2D eigenvalue weighted by Crippen LogP contribution is -2.24. The molecule has 0 fully saturated rings. The van der Waals surface area contributed by atoms with Crippen molar-refractivity contribution in [2.24, 2.45) is 0 Å². The maximum atomic E-state index is 11.6. The van der Waals surface area contributed by atoms with Gasteiger partial charge in [-0.2, -0.15) is 4.98 Å². The normalized spacial score (nSPS) is 10.6. The number of benzene rings is 1. The summed E-state index contributed by atoms with van der Waals surface area (Å²) >= 11 is 3.38. The first-order valence-corrected chi connectivity index (χ1v) is 7.83. The van der Waals surface area contributed by atoms with Crippen LogP contribution in [0.25, 0.3) is 11.4 Å². The molecule has 0 atom stereocenters. The number of aromatic nitrogens is 2. The van der Waals surface area contributed by atoms with E-state index in [1.54, 1.807) is 0 Å². The Bertz CT molecular complexity index is 581. The zero-order valence-electron chi connectivity index (χ0n) is 11.9. The Morgan fingerprint density at radius 3 is 2.81 bits per heavy atom. The summed E-state index contributed by atoms with van der Waals surface area (Å²) in [5.74, 6) is 1.05. The predicted octanol–water partition coefficient (Wildman–Crippen LogP) is 3.35. The first kappa shape index (κ1) is 15.7. The third-order valence-corrected chi connectivity index (χ3v) is 3.52. The Morgan fingerprint density at radius 2 is 2.10 bits per heavy atom. The average Bonchev–Trinajstić information content (AvgIpc) is 2.95. The van der Waals surface area contributed by atoms with Gasteiger partial charge in [-0.15, -0.1) is 0 Å². The summed E-state index contributed by atoms with van der Waals surface area (Å²) in [6, 6.07) is 7.67. The van der Waals surface area contributed by atoms with Gasteiger partial charge in [0.15, 0.2) is 0 Å². The van der Waals surface area contributed by atoms with E-state index in [0.29, 0.717) is 24.6 Å². The molecule has 1 aromatic carbocycles. The standard InChI is InChI=1S/C15H18BrN3O2/c1-2-3-10-17-13(20)8-9-14-18-15(19-21-14)11-4-6-12(16)7-5-11/h4-7H,2-3,8-10H2,1H3,(H,17,20). The van der Waals surface area contributed by atoms with Gasteiger partial charge in [-0.3, -0.25) is 4.79 Å². The van der Waals surface area contributed by atoms with E-state index in [4.69, 9.17) is 4.52 Å². The summed E-state index contributed by atoms with van der Waals surface area (Å²) in [5.41, 5.74) is 0.889. The van der Waals surface area contributed by atoms with Crippen LogP contribution < -0.4 is 5.32 Å². The molecule has 112 valence electrons. The number of halogens is 1. The van der Waals surface area contributed by atoms with Crippen LogP contribution >= 0.6 is 15.9 Å². The number of unbranched alkanes of at least 4 members (excludes halogenated alkanes) is 1. The molecule has 0 unspecified atom stereocenters. The minimum absolute atomic E-state index is 0.0202. The molecule has 0 aliphatic rings. The van der Waals surface area contributed by atoms with Crippen molar-refractivity contribution in [3.63, 3.8) is 0 Å². The number of rotatable bonds is 7. The number of nitrogens with one attached hydrogen (secondary N) is 1. The van der Waals surface area contributed by atoms with E-state index in [1.165, 1.54) is 0 Å². The van der Waals surface area contributed by atoms with Crippen molar-refractivity contribution in [2.75, 3.05) is 6.54 Å². The molecular formula is C15H18BrN3O2. The van der Waals surface area contributed by atoms with Crippen molar-refractivity contribution < 1.29 is 9.32 Å². The molecule has 0 aliphatic heterocycles. The van der Waals surface area contributed by atoms with Gasteiger partial charge in [-0.05, 0) is 30.7 Å². The minimum atomic E-state index is 0.0202. The lowest BCUT2D eigenvalue weighted by atomic mass is 10.2. The van der Waals surface area contributed by atoms with Crippen LogP contribution in [0.15, 0.2) is 33.3 Å². The van der Waals surface area contributed by atoms with Crippen molar-refractivity contribution in [3.8, 4) is 11.4 Å². The second-order valence-electron chi connectivity index (χ2n) is 4.72. The van der Waals surface area contributed by atoms with Gasteiger partial charge >= 0.3 is 0 Å². The van der Waals surface area contributed by atoms with E-state index >= 15 is 0 Å². The largest absolute Gasteiger partial charge is 0.356 e. The highest BCUT2D eigenvalue weighted by atomic mass is 79.9. The van der Waals surface area contributed by atoms with Crippen molar-refractivity contribution >= 4 is 21.8 Å². The molecule has 6 heteroatoms. The SMILES string of the molecule is CCCCNC(=O)CCc1nc(-c2ccc(Br)cc2)no1. The third-order valence-electron chi connectivity index (χ3n) is 2.99. The van der Waals surface area contributed by atoms with Crippen molar-refractivity contribution in [3.05, 3.63) is 34.6 Å². The Morgan fingerprint density at radius 1 is 1.33 bits per heavy atom. The van der Waals surface area contributed by atoms with E-state index in [0.717, 1.165) is 29.4 Å². The highest BCUT2D eigenvalue weighted by Crippen LogP contribution is 2.19. The second kappa shape index (κ2) is 7.93. The molecule has 1 N–H and O–H groups in total. The summed E-state index contributed by atoms with van der Waals surface area (Å²) in [5, 5.41) is 6.80. The van der Waals surface area contributed by atoms with Gasteiger partial charge in [0.25, 0.3) is 0 Å². The van der Waals surface area contributed by atoms with Crippen molar-refractivity contribution in [1.29, 1.82) is 0 Å². The molecule has 1 aromatic heterocycles. The van der Waals surface area contributed by atoms with Crippen LogP contribution in [-0.4, -0.2) is 22.6 Å². The van der Waals surface area contributed by atoms with Crippen LogP contribution in [0.2, 0.25) is 0 Å². The quantitative estimate of drug-likeness (QED) is 0.776. The molecule has 1 heterocycles. The first-order chi connectivity index (χ1) is 10.2. The van der Waals surface area contributed by atoms with Crippen LogP contribution in [0.1, 0.15) is 32.1 Å². The van der Waals surface area contributed by atoms with Crippen LogP contribution in [0.5, 0.6) is 0 Å². The topological polar surface area (TPSA) is 68.0 Å². The van der Waals surface area contributed by atoms with Gasteiger partial charge in [-0.1, -0.05) is 34.4 Å². The molecule has 0 saturated carbocycles. The molecule has 2 aromatic rings. The predicted molar refractivity (Wildman–Crippen MR) is 83.7 cm³/mol. The molecule has 0 saturated heterocycles. The van der Waals surface area contributed by atoms with Crippen molar-refractivity contribution in [2.45, 2.75) is 32.6 Å². The van der Waals surface area contributed by atoms with Crippen LogP contribution in [-0.2, 0) is 11.2 Å². The third kappa shape index (κ3) is 4.97. The Balaban J connectivity index is 1.86. The summed E-state index contributed by atoms with van der Waals surface area (Å²) in [6.07, 6.45) is 2.90. The van der Waals surface area contributed by atoms with E-state index < -0.39 is 0 Å². The van der Waals surface area contributed by atoms with E-state index in [2.05, 4.69) is 38.3 Å². The molecule has 2 rings (SSSR count). The molecule has 0 bridgehead atoms. The summed E-state index contributed by atoms with van der Waals surface area (Å²) in [4.78, 5) is 15.9. The zero-order valence-corrected chi connectivity index (χ0v) is 13.5. The molecule has 5 nitrogen and oxygen atoms in total.